The summed E-state index contributed by atoms with van der Waals surface area (Å²) >= 11 is 0. The molecule has 2 aromatic carbocycles. The van der Waals surface area contributed by atoms with E-state index in [1.807, 2.05) is 24.3 Å². The molecule has 0 saturated carbocycles. The fourth-order valence-corrected chi connectivity index (χ4v) is 3.28. The molecule has 0 aromatic heterocycles. The second-order valence-electron chi connectivity index (χ2n) is 6.44. The lowest BCUT2D eigenvalue weighted by Crippen LogP contribution is -2.33. The topological polar surface area (TPSA) is 69.7 Å². The molecule has 0 spiro atoms. The average molecular weight is 383 g/mol. The van der Waals surface area contributed by atoms with Crippen molar-refractivity contribution < 1.29 is 18.8 Å². The van der Waals surface area contributed by atoms with Crippen LogP contribution in [0.2, 0.25) is 0 Å². The molecule has 1 N–H and O–H groups in total. The van der Waals surface area contributed by atoms with E-state index >= 15 is 0 Å². The van der Waals surface area contributed by atoms with Crippen molar-refractivity contribution in [3.8, 4) is 0 Å². The number of rotatable bonds is 7. The zero-order valence-electron chi connectivity index (χ0n) is 15.9. The van der Waals surface area contributed by atoms with Crippen LogP contribution in [0.3, 0.4) is 0 Å². The molecule has 6 nitrogen and oxygen atoms in total. The van der Waals surface area contributed by atoms with Gasteiger partial charge in [0.15, 0.2) is 0 Å². The van der Waals surface area contributed by atoms with Gasteiger partial charge in [-0.2, -0.15) is 0 Å². The number of anilines is 2. The molecule has 28 heavy (non-hydrogen) atoms. The zero-order valence-corrected chi connectivity index (χ0v) is 15.9. The quantitative estimate of drug-likeness (QED) is 0.745. The van der Waals surface area contributed by atoms with Crippen molar-refractivity contribution >= 4 is 29.1 Å². The normalized spacial score (nSPS) is 12.9. The van der Waals surface area contributed by atoms with Gasteiger partial charge in [0.2, 0.25) is 5.91 Å². The number of imide groups is 1. The first-order valence-corrected chi connectivity index (χ1v) is 9.25. The van der Waals surface area contributed by atoms with Crippen LogP contribution < -0.4 is 10.2 Å². The molecule has 0 aliphatic carbocycles. The number of carbonyl (C=O) groups excluding carboxylic acids is 3. The second kappa shape index (κ2) is 8.21. The number of carbonyl (C=O) groups is 3. The molecule has 0 atom stereocenters. The molecule has 0 saturated heterocycles. The van der Waals surface area contributed by atoms with E-state index < -0.39 is 17.6 Å². The molecule has 3 rings (SSSR count). The molecule has 2 aromatic rings. The Morgan fingerprint density at radius 1 is 1.04 bits per heavy atom. The van der Waals surface area contributed by atoms with Gasteiger partial charge in [0, 0.05) is 37.4 Å². The van der Waals surface area contributed by atoms with Crippen molar-refractivity contribution in [2.24, 2.45) is 0 Å². The van der Waals surface area contributed by atoms with Gasteiger partial charge in [-0.1, -0.05) is 6.07 Å². The largest absolute Gasteiger partial charge is 0.372 e. The van der Waals surface area contributed by atoms with Crippen LogP contribution in [-0.4, -0.2) is 42.3 Å². The minimum atomic E-state index is -0.726. The van der Waals surface area contributed by atoms with Gasteiger partial charge in [0.05, 0.1) is 11.1 Å². The summed E-state index contributed by atoms with van der Waals surface area (Å²) in [4.78, 5) is 39.9. The fraction of sp³-hybridized carbons (Fsp3) is 0.286. The van der Waals surface area contributed by atoms with E-state index in [2.05, 4.69) is 24.1 Å². The minimum absolute atomic E-state index is 0.0393. The van der Waals surface area contributed by atoms with E-state index in [0.717, 1.165) is 29.7 Å². The number of benzene rings is 2. The maximum absolute atomic E-state index is 13.8. The van der Waals surface area contributed by atoms with Crippen molar-refractivity contribution in [2.75, 3.05) is 29.9 Å². The Morgan fingerprint density at radius 3 is 2.32 bits per heavy atom. The van der Waals surface area contributed by atoms with Gasteiger partial charge in [0.25, 0.3) is 11.8 Å². The maximum Gasteiger partial charge on any atom is 0.264 e. The molecule has 0 unspecified atom stereocenters. The first kappa shape index (κ1) is 19.5. The monoisotopic (exact) mass is 383 g/mol. The average Bonchev–Trinajstić information content (AvgIpc) is 2.94. The number of fused-ring (bicyclic) bond motifs is 1. The Morgan fingerprint density at radius 2 is 1.71 bits per heavy atom. The third-order valence-corrected chi connectivity index (χ3v) is 4.79. The van der Waals surface area contributed by atoms with Crippen molar-refractivity contribution in [3.63, 3.8) is 0 Å². The molecule has 0 bridgehead atoms. The number of nitrogens with one attached hydrogen (secondary N) is 1. The Bertz CT molecular complexity index is 908. The van der Waals surface area contributed by atoms with Crippen LogP contribution in [0.4, 0.5) is 15.8 Å². The highest BCUT2D eigenvalue weighted by atomic mass is 19.1. The van der Waals surface area contributed by atoms with Crippen molar-refractivity contribution in [1.82, 2.24) is 4.90 Å². The van der Waals surface area contributed by atoms with E-state index in [1.165, 1.54) is 12.1 Å². The molecule has 0 fully saturated rings. The highest BCUT2D eigenvalue weighted by molar-refractivity contribution is 6.21. The number of hydrogen-bond donors (Lipinski definition) is 1. The third kappa shape index (κ3) is 3.74. The summed E-state index contributed by atoms with van der Waals surface area (Å²) in [6.07, 6.45) is -0.0646. The van der Waals surface area contributed by atoms with E-state index in [1.54, 1.807) is 0 Å². The standard InChI is InChI=1S/C21H22FN3O3/c1-3-24(4-2)15-10-8-14(9-11-15)23-18(26)12-13-25-20(27)16-6-5-7-17(22)19(16)21(25)28/h5-11H,3-4,12-13H2,1-2H3,(H,23,26). The SMILES string of the molecule is CCN(CC)c1ccc(NC(=O)CCN2C(=O)c3cccc(F)c3C2=O)cc1. The minimum Gasteiger partial charge on any atom is -0.372 e. The van der Waals surface area contributed by atoms with E-state index in [-0.39, 0.29) is 30.0 Å². The van der Waals surface area contributed by atoms with Gasteiger partial charge in [-0.15, -0.1) is 0 Å². The molecular weight excluding hydrogens is 361 g/mol. The van der Waals surface area contributed by atoms with Gasteiger partial charge in [-0.25, -0.2) is 4.39 Å². The number of halogens is 1. The first-order valence-electron chi connectivity index (χ1n) is 9.25. The highest BCUT2D eigenvalue weighted by Gasteiger charge is 2.37. The first-order chi connectivity index (χ1) is 13.5. The molecule has 1 heterocycles. The smallest absolute Gasteiger partial charge is 0.264 e. The molecule has 1 aliphatic rings. The summed E-state index contributed by atoms with van der Waals surface area (Å²) in [6.45, 7) is 5.83. The van der Waals surface area contributed by atoms with Crippen LogP contribution in [0, 0.1) is 5.82 Å². The second-order valence-corrected chi connectivity index (χ2v) is 6.44. The van der Waals surface area contributed by atoms with Crippen LogP contribution in [0.25, 0.3) is 0 Å². The summed E-state index contributed by atoms with van der Waals surface area (Å²) < 4.78 is 13.8. The Hall–Kier alpha value is -3.22. The summed E-state index contributed by atoms with van der Waals surface area (Å²) in [7, 11) is 0. The van der Waals surface area contributed by atoms with Crippen LogP contribution in [-0.2, 0) is 4.79 Å². The molecule has 146 valence electrons. The number of nitrogens with zero attached hydrogens (tertiary/aromatic N) is 2. The molecule has 3 amide bonds. The predicted molar refractivity (Wildman–Crippen MR) is 105 cm³/mol. The van der Waals surface area contributed by atoms with Crippen molar-refractivity contribution in [3.05, 3.63) is 59.4 Å². The molecular formula is C21H22FN3O3. The van der Waals surface area contributed by atoms with E-state index in [9.17, 15) is 18.8 Å². The summed E-state index contributed by atoms with van der Waals surface area (Å²) in [5.74, 6) is -2.32. The van der Waals surface area contributed by atoms with Crippen molar-refractivity contribution in [2.45, 2.75) is 20.3 Å². The predicted octanol–water partition coefficient (Wildman–Crippen LogP) is 3.30. The van der Waals surface area contributed by atoms with Crippen LogP contribution in [0.15, 0.2) is 42.5 Å². The van der Waals surface area contributed by atoms with Gasteiger partial charge in [-0.05, 0) is 50.2 Å². The van der Waals surface area contributed by atoms with Crippen molar-refractivity contribution in [1.29, 1.82) is 0 Å². The van der Waals surface area contributed by atoms with Gasteiger partial charge in [0.1, 0.15) is 5.82 Å². The lowest BCUT2D eigenvalue weighted by atomic mass is 10.1. The lowest BCUT2D eigenvalue weighted by molar-refractivity contribution is -0.116. The molecule has 1 aliphatic heterocycles. The summed E-state index contributed by atoms with van der Waals surface area (Å²) in [6, 6.07) is 11.4. The van der Waals surface area contributed by atoms with Gasteiger partial charge < -0.3 is 10.2 Å². The summed E-state index contributed by atoms with van der Waals surface area (Å²) in [5, 5.41) is 2.75. The fourth-order valence-electron chi connectivity index (χ4n) is 3.28. The Balaban J connectivity index is 1.59. The van der Waals surface area contributed by atoms with Crippen LogP contribution in [0.5, 0.6) is 0 Å². The highest BCUT2D eigenvalue weighted by Crippen LogP contribution is 2.25. The number of amides is 3. The van der Waals surface area contributed by atoms with E-state index in [0.29, 0.717) is 5.69 Å². The molecule has 7 heteroatoms. The summed E-state index contributed by atoms with van der Waals surface area (Å²) in [5.41, 5.74) is 1.52. The van der Waals surface area contributed by atoms with Crippen LogP contribution >= 0.6 is 0 Å². The Kier molecular flexibility index (Phi) is 5.73. The maximum atomic E-state index is 13.8. The third-order valence-electron chi connectivity index (χ3n) is 4.79. The van der Waals surface area contributed by atoms with Gasteiger partial charge >= 0.3 is 0 Å². The van der Waals surface area contributed by atoms with E-state index in [4.69, 9.17) is 0 Å². The van der Waals surface area contributed by atoms with Crippen LogP contribution in [0.1, 0.15) is 41.0 Å². The zero-order chi connectivity index (χ0) is 20.3. The lowest BCUT2D eigenvalue weighted by Gasteiger charge is -2.21. The van der Waals surface area contributed by atoms with Gasteiger partial charge in [-0.3, -0.25) is 19.3 Å². The molecule has 0 radical (unpaired) electrons. The number of hydrogen-bond acceptors (Lipinski definition) is 4. The Labute approximate surface area is 162 Å².